The first kappa shape index (κ1) is 21.0. The number of rotatable bonds is 7. The minimum atomic E-state index is -3.98. The fraction of sp³-hybridized carbons (Fsp3) is 0.167. The second-order valence-electron chi connectivity index (χ2n) is 7.43. The van der Waals surface area contributed by atoms with E-state index in [1.807, 2.05) is 37.3 Å². The molecule has 6 nitrogen and oxygen atoms in total. The number of benzene rings is 3. The van der Waals surface area contributed by atoms with Gasteiger partial charge in [-0.2, -0.15) is 8.42 Å². The van der Waals surface area contributed by atoms with Gasteiger partial charge < -0.3 is 0 Å². The van der Waals surface area contributed by atoms with Gasteiger partial charge in [-0.15, -0.1) is 0 Å². The predicted molar refractivity (Wildman–Crippen MR) is 115 cm³/mol. The average Bonchev–Trinajstić information content (AvgIpc) is 3.02. The molecule has 158 valence electrons. The molecule has 0 saturated carbocycles. The highest BCUT2D eigenvalue weighted by atomic mass is 32.2. The van der Waals surface area contributed by atoms with E-state index in [4.69, 9.17) is 4.18 Å². The van der Waals surface area contributed by atoms with Crippen LogP contribution in [0.1, 0.15) is 37.8 Å². The van der Waals surface area contributed by atoms with Gasteiger partial charge in [0.05, 0.1) is 22.6 Å². The molecule has 0 radical (unpaired) electrons. The smallest absolute Gasteiger partial charge is 0.274 e. The Hall–Kier alpha value is -3.29. The normalized spacial score (nSPS) is 14.5. The summed E-state index contributed by atoms with van der Waals surface area (Å²) in [5, 5.41) is 0. The van der Waals surface area contributed by atoms with E-state index in [0.717, 1.165) is 16.0 Å². The Labute approximate surface area is 181 Å². The van der Waals surface area contributed by atoms with Crippen LogP contribution in [0.3, 0.4) is 0 Å². The molecule has 0 N–H and O–H groups in total. The van der Waals surface area contributed by atoms with Gasteiger partial charge in [-0.05, 0) is 36.8 Å². The third kappa shape index (κ3) is 4.28. The van der Waals surface area contributed by atoms with Crippen LogP contribution in [0.25, 0.3) is 0 Å². The number of imide groups is 1. The summed E-state index contributed by atoms with van der Waals surface area (Å²) in [6.45, 7) is 1.68. The summed E-state index contributed by atoms with van der Waals surface area (Å²) >= 11 is 0. The van der Waals surface area contributed by atoms with Crippen molar-refractivity contribution in [2.75, 3.05) is 13.2 Å². The van der Waals surface area contributed by atoms with Crippen molar-refractivity contribution in [1.29, 1.82) is 0 Å². The van der Waals surface area contributed by atoms with Gasteiger partial charge >= 0.3 is 0 Å². The summed E-state index contributed by atoms with van der Waals surface area (Å²) in [5.74, 6) is -1.28. The zero-order valence-electron chi connectivity index (χ0n) is 16.9. The van der Waals surface area contributed by atoms with E-state index in [2.05, 4.69) is 0 Å². The summed E-state index contributed by atoms with van der Waals surface area (Å²) in [6.07, 6.45) is 0. The lowest BCUT2D eigenvalue weighted by molar-refractivity contribution is 0.0636. The van der Waals surface area contributed by atoms with Gasteiger partial charge in [0.1, 0.15) is 0 Å². The van der Waals surface area contributed by atoms with Crippen LogP contribution in [0.15, 0.2) is 83.8 Å². The van der Waals surface area contributed by atoms with Gasteiger partial charge in [-0.1, -0.05) is 60.2 Å². The minimum absolute atomic E-state index is 0.0137. The summed E-state index contributed by atoms with van der Waals surface area (Å²) in [4.78, 5) is 26.8. The molecule has 31 heavy (non-hydrogen) atoms. The Balaban J connectivity index is 1.57. The van der Waals surface area contributed by atoms with Crippen LogP contribution in [0.2, 0.25) is 0 Å². The molecule has 3 aromatic carbocycles. The lowest BCUT2D eigenvalue weighted by Crippen LogP contribution is -2.35. The monoisotopic (exact) mass is 435 g/mol. The second-order valence-corrected chi connectivity index (χ2v) is 9.04. The molecule has 4 rings (SSSR count). The topological polar surface area (TPSA) is 80.8 Å². The van der Waals surface area contributed by atoms with E-state index in [1.165, 1.54) is 12.1 Å². The van der Waals surface area contributed by atoms with E-state index in [9.17, 15) is 18.0 Å². The molecule has 0 bridgehead atoms. The molecular formula is C24H21NO5S. The number of nitrogens with zero attached hydrogens (tertiary/aromatic N) is 1. The van der Waals surface area contributed by atoms with E-state index in [0.29, 0.717) is 11.1 Å². The molecule has 1 atom stereocenters. The van der Waals surface area contributed by atoms with Crippen LogP contribution in [0, 0.1) is 6.92 Å². The molecule has 0 aromatic heterocycles. The van der Waals surface area contributed by atoms with Gasteiger partial charge in [-0.25, -0.2) is 0 Å². The van der Waals surface area contributed by atoms with Crippen molar-refractivity contribution in [3.63, 3.8) is 0 Å². The Morgan fingerprint density at radius 3 is 1.94 bits per heavy atom. The lowest BCUT2D eigenvalue weighted by Gasteiger charge is -2.23. The molecule has 0 saturated heterocycles. The highest BCUT2D eigenvalue weighted by Gasteiger charge is 2.37. The molecule has 0 aliphatic carbocycles. The van der Waals surface area contributed by atoms with Gasteiger partial charge in [0.2, 0.25) is 0 Å². The van der Waals surface area contributed by atoms with E-state index < -0.39 is 16.0 Å². The minimum Gasteiger partial charge on any atom is -0.274 e. The largest absolute Gasteiger partial charge is 0.296 e. The molecule has 0 spiro atoms. The van der Waals surface area contributed by atoms with Gasteiger partial charge in [0.25, 0.3) is 21.9 Å². The van der Waals surface area contributed by atoms with Crippen molar-refractivity contribution in [1.82, 2.24) is 4.90 Å². The van der Waals surface area contributed by atoms with Crippen LogP contribution in [-0.2, 0) is 14.3 Å². The maximum absolute atomic E-state index is 12.8. The van der Waals surface area contributed by atoms with Crippen molar-refractivity contribution >= 4 is 21.9 Å². The first-order valence-corrected chi connectivity index (χ1v) is 11.2. The van der Waals surface area contributed by atoms with Crippen molar-refractivity contribution in [3.8, 4) is 0 Å². The Morgan fingerprint density at radius 2 is 1.35 bits per heavy atom. The zero-order valence-corrected chi connectivity index (χ0v) is 17.7. The summed E-state index contributed by atoms with van der Waals surface area (Å²) in [7, 11) is -3.98. The number of amides is 2. The fourth-order valence-corrected chi connectivity index (χ4v) is 4.50. The quantitative estimate of drug-likeness (QED) is 0.417. The maximum atomic E-state index is 12.8. The second kappa shape index (κ2) is 8.45. The van der Waals surface area contributed by atoms with Crippen molar-refractivity contribution in [2.45, 2.75) is 17.7 Å². The molecule has 1 unspecified atom stereocenters. The first-order chi connectivity index (χ1) is 14.9. The van der Waals surface area contributed by atoms with E-state index in [-0.39, 0.29) is 29.9 Å². The van der Waals surface area contributed by atoms with Crippen molar-refractivity contribution < 1.29 is 22.2 Å². The summed E-state index contributed by atoms with van der Waals surface area (Å²) < 4.78 is 30.7. The van der Waals surface area contributed by atoms with E-state index in [1.54, 1.807) is 36.4 Å². The van der Waals surface area contributed by atoms with Gasteiger partial charge in [0.15, 0.2) is 0 Å². The molecule has 1 aliphatic rings. The molecule has 3 aromatic rings. The van der Waals surface area contributed by atoms with Crippen LogP contribution in [-0.4, -0.2) is 38.3 Å². The third-order valence-corrected chi connectivity index (χ3v) is 6.58. The summed E-state index contributed by atoms with van der Waals surface area (Å²) in [5.41, 5.74) is 2.42. The highest BCUT2D eigenvalue weighted by molar-refractivity contribution is 7.86. The number of hydrogen-bond acceptors (Lipinski definition) is 5. The number of carbonyl (C=O) groups is 2. The lowest BCUT2D eigenvalue weighted by atomic mass is 9.99. The van der Waals surface area contributed by atoms with Crippen LogP contribution < -0.4 is 0 Å². The first-order valence-electron chi connectivity index (χ1n) is 9.83. The van der Waals surface area contributed by atoms with Crippen LogP contribution in [0.4, 0.5) is 0 Å². The predicted octanol–water partition coefficient (Wildman–Crippen LogP) is 3.78. The number of fused-ring (bicyclic) bond motifs is 1. The van der Waals surface area contributed by atoms with Crippen LogP contribution >= 0.6 is 0 Å². The Kier molecular flexibility index (Phi) is 5.71. The number of aryl methyl sites for hydroxylation is 1. The van der Waals surface area contributed by atoms with Crippen LogP contribution in [0.5, 0.6) is 0 Å². The van der Waals surface area contributed by atoms with Gasteiger partial charge in [-0.3, -0.25) is 18.7 Å². The molecule has 0 fully saturated rings. The fourth-order valence-electron chi connectivity index (χ4n) is 3.55. The molecule has 1 heterocycles. The average molecular weight is 436 g/mol. The van der Waals surface area contributed by atoms with Crippen molar-refractivity contribution in [3.05, 3.63) is 101 Å². The van der Waals surface area contributed by atoms with Gasteiger partial charge in [0, 0.05) is 12.5 Å². The van der Waals surface area contributed by atoms with Crippen molar-refractivity contribution in [2.24, 2.45) is 0 Å². The highest BCUT2D eigenvalue weighted by Crippen LogP contribution is 2.27. The molecule has 2 amide bonds. The maximum Gasteiger partial charge on any atom is 0.296 e. The van der Waals surface area contributed by atoms with E-state index >= 15 is 0 Å². The Bertz CT molecular complexity index is 1190. The summed E-state index contributed by atoms with van der Waals surface area (Å²) in [6, 6.07) is 22.2. The Morgan fingerprint density at radius 1 is 0.806 bits per heavy atom. The standard InChI is InChI=1S/C24H21NO5S/c1-17-11-13-20(14-12-17)31(28,29)30-16-19(18-7-3-2-4-8-18)15-25-23(26)21-9-5-6-10-22(21)24(25)27/h2-14,19H,15-16H2,1H3. The molecule has 7 heteroatoms. The molecular weight excluding hydrogens is 414 g/mol. The number of carbonyl (C=O) groups excluding carboxylic acids is 2. The zero-order chi connectivity index (χ0) is 22.0. The third-order valence-electron chi connectivity index (χ3n) is 5.29. The molecule has 1 aliphatic heterocycles. The number of hydrogen-bond donors (Lipinski definition) is 0. The SMILES string of the molecule is Cc1ccc(S(=O)(=O)OCC(CN2C(=O)c3ccccc3C2=O)c2ccccc2)cc1.